The fourth-order valence-corrected chi connectivity index (χ4v) is 4.42. The van der Waals surface area contributed by atoms with Crippen LogP contribution >= 0.6 is 0 Å². The zero-order valence-electron chi connectivity index (χ0n) is 16.4. The number of rotatable bonds is 8. The molecule has 0 aliphatic heterocycles. The summed E-state index contributed by atoms with van der Waals surface area (Å²) in [4.78, 5) is 12.6. The minimum Gasteiger partial charge on any atom is -0.348 e. The fourth-order valence-electron chi connectivity index (χ4n) is 2.96. The SMILES string of the molecule is CCN(CC)S(=O)(=O)c1ccc(CNC(=O)c2ccc(-n3cccn3)cc2)cc1. The predicted molar refractivity (Wildman–Crippen MR) is 111 cm³/mol. The highest BCUT2D eigenvalue weighted by atomic mass is 32.2. The Hall–Kier alpha value is -2.97. The van der Waals surface area contributed by atoms with Crippen LogP contribution in [0.5, 0.6) is 0 Å². The summed E-state index contributed by atoms with van der Waals surface area (Å²) in [5.41, 5.74) is 2.24. The third-order valence-corrected chi connectivity index (χ3v) is 6.68. The van der Waals surface area contributed by atoms with Gasteiger partial charge < -0.3 is 5.32 Å². The summed E-state index contributed by atoms with van der Waals surface area (Å²) in [5.74, 6) is -0.197. The Morgan fingerprint density at radius 3 is 2.24 bits per heavy atom. The van der Waals surface area contributed by atoms with E-state index in [0.717, 1.165) is 11.3 Å². The second-order valence-corrected chi connectivity index (χ2v) is 8.35. The summed E-state index contributed by atoms with van der Waals surface area (Å²) in [6.45, 7) is 4.79. The van der Waals surface area contributed by atoms with Crippen LogP contribution in [0.3, 0.4) is 0 Å². The average molecular weight is 413 g/mol. The molecule has 0 unspecified atom stereocenters. The number of sulfonamides is 1. The van der Waals surface area contributed by atoms with Gasteiger partial charge in [-0.05, 0) is 48.0 Å². The van der Waals surface area contributed by atoms with Crippen LogP contribution in [0.4, 0.5) is 0 Å². The van der Waals surface area contributed by atoms with Crippen molar-refractivity contribution in [3.8, 4) is 5.69 Å². The maximum absolute atomic E-state index is 12.5. The molecule has 2 aromatic carbocycles. The lowest BCUT2D eigenvalue weighted by atomic mass is 10.2. The molecule has 0 saturated carbocycles. The van der Waals surface area contributed by atoms with Crippen molar-refractivity contribution in [3.05, 3.63) is 78.1 Å². The van der Waals surface area contributed by atoms with E-state index >= 15 is 0 Å². The second-order valence-electron chi connectivity index (χ2n) is 6.41. The number of hydrogen-bond acceptors (Lipinski definition) is 4. The smallest absolute Gasteiger partial charge is 0.251 e. The molecule has 0 saturated heterocycles. The first-order valence-electron chi connectivity index (χ1n) is 9.43. The average Bonchev–Trinajstić information content (AvgIpc) is 3.28. The van der Waals surface area contributed by atoms with Gasteiger partial charge in [0.25, 0.3) is 5.91 Å². The Balaban J connectivity index is 1.62. The minimum atomic E-state index is -3.48. The standard InChI is InChI=1S/C21H24N4O3S/c1-3-24(4-2)29(27,28)20-12-6-17(7-13-20)16-22-21(26)18-8-10-19(11-9-18)25-15-5-14-23-25/h5-15H,3-4,16H2,1-2H3,(H,22,26). The second kappa shape index (κ2) is 9.02. The number of amides is 1. The third kappa shape index (κ3) is 4.72. The van der Waals surface area contributed by atoms with E-state index in [1.54, 1.807) is 47.3 Å². The zero-order valence-corrected chi connectivity index (χ0v) is 17.3. The highest BCUT2D eigenvalue weighted by Gasteiger charge is 2.21. The summed E-state index contributed by atoms with van der Waals surface area (Å²) >= 11 is 0. The van der Waals surface area contributed by atoms with E-state index in [2.05, 4.69) is 10.4 Å². The van der Waals surface area contributed by atoms with Crippen molar-refractivity contribution in [2.45, 2.75) is 25.3 Å². The van der Waals surface area contributed by atoms with E-state index in [4.69, 9.17) is 0 Å². The zero-order chi connectivity index (χ0) is 20.9. The van der Waals surface area contributed by atoms with E-state index in [0.29, 0.717) is 25.2 Å². The highest BCUT2D eigenvalue weighted by molar-refractivity contribution is 7.89. The van der Waals surface area contributed by atoms with Crippen molar-refractivity contribution in [1.29, 1.82) is 0 Å². The van der Waals surface area contributed by atoms with E-state index < -0.39 is 10.0 Å². The van der Waals surface area contributed by atoms with E-state index in [9.17, 15) is 13.2 Å². The largest absolute Gasteiger partial charge is 0.348 e. The number of nitrogens with one attached hydrogen (secondary N) is 1. The van der Waals surface area contributed by atoms with Gasteiger partial charge in [0.05, 0.1) is 10.6 Å². The quantitative estimate of drug-likeness (QED) is 0.617. The lowest BCUT2D eigenvalue weighted by molar-refractivity contribution is 0.0951. The van der Waals surface area contributed by atoms with E-state index in [1.165, 1.54) is 4.31 Å². The number of benzene rings is 2. The summed E-state index contributed by atoms with van der Waals surface area (Å²) in [6.07, 6.45) is 3.53. The Bertz CT molecular complexity index is 1040. The van der Waals surface area contributed by atoms with Crippen LogP contribution in [0.25, 0.3) is 5.69 Å². The van der Waals surface area contributed by atoms with Gasteiger partial charge in [0.15, 0.2) is 0 Å². The molecule has 1 N–H and O–H groups in total. The molecule has 0 aliphatic rings. The molecule has 8 heteroatoms. The Labute approximate surface area is 171 Å². The summed E-state index contributed by atoms with van der Waals surface area (Å²) in [7, 11) is -3.48. The molecule has 1 aromatic heterocycles. The van der Waals surface area contributed by atoms with Crippen molar-refractivity contribution >= 4 is 15.9 Å². The van der Waals surface area contributed by atoms with E-state index in [1.807, 2.05) is 38.2 Å². The van der Waals surface area contributed by atoms with Gasteiger partial charge in [-0.2, -0.15) is 9.40 Å². The molecule has 0 spiro atoms. The topological polar surface area (TPSA) is 84.3 Å². The Morgan fingerprint density at radius 2 is 1.69 bits per heavy atom. The highest BCUT2D eigenvalue weighted by Crippen LogP contribution is 2.16. The van der Waals surface area contributed by atoms with Gasteiger partial charge in [-0.3, -0.25) is 4.79 Å². The van der Waals surface area contributed by atoms with Crippen LogP contribution in [-0.4, -0.2) is 41.5 Å². The first-order valence-corrected chi connectivity index (χ1v) is 10.9. The molecule has 7 nitrogen and oxygen atoms in total. The normalized spacial score (nSPS) is 11.6. The first-order chi connectivity index (χ1) is 14.0. The number of hydrogen-bond donors (Lipinski definition) is 1. The molecule has 3 aromatic rings. The lowest BCUT2D eigenvalue weighted by Crippen LogP contribution is -2.30. The van der Waals surface area contributed by atoms with Gasteiger partial charge in [0, 0.05) is 37.6 Å². The lowest BCUT2D eigenvalue weighted by Gasteiger charge is -2.18. The number of nitrogens with zero attached hydrogens (tertiary/aromatic N) is 3. The first kappa shape index (κ1) is 20.8. The molecule has 1 heterocycles. The van der Waals surface area contributed by atoms with Crippen LogP contribution in [0.1, 0.15) is 29.8 Å². The van der Waals surface area contributed by atoms with Crippen LogP contribution in [0.2, 0.25) is 0 Å². The molecule has 0 fully saturated rings. The van der Waals surface area contributed by atoms with E-state index in [-0.39, 0.29) is 10.8 Å². The maximum Gasteiger partial charge on any atom is 0.251 e. The molecular formula is C21H24N4O3S. The van der Waals surface area contributed by atoms with Gasteiger partial charge in [-0.15, -0.1) is 0 Å². The van der Waals surface area contributed by atoms with Gasteiger partial charge in [0.2, 0.25) is 10.0 Å². The maximum atomic E-state index is 12.5. The van der Waals surface area contributed by atoms with Crippen LogP contribution < -0.4 is 5.32 Å². The Kier molecular flexibility index (Phi) is 6.46. The van der Waals surface area contributed by atoms with Crippen molar-refractivity contribution in [2.24, 2.45) is 0 Å². The number of aromatic nitrogens is 2. The molecular weight excluding hydrogens is 388 g/mol. The number of carbonyl (C=O) groups is 1. The molecule has 0 bridgehead atoms. The van der Waals surface area contributed by atoms with Crippen molar-refractivity contribution in [3.63, 3.8) is 0 Å². The van der Waals surface area contributed by atoms with Crippen molar-refractivity contribution in [1.82, 2.24) is 19.4 Å². The summed E-state index contributed by atoms with van der Waals surface area (Å²) < 4.78 is 28.2. The molecule has 3 rings (SSSR count). The molecule has 0 radical (unpaired) electrons. The minimum absolute atomic E-state index is 0.197. The third-order valence-electron chi connectivity index (χ3n) is 4.62. The summed E-state index contributed by atoms with van der Waals surface area (Å²) in [6, 6.07) is 15.6. The van der Waals surface area contributed by atoms with Crippen molar-refractivity contribution in [2.75, 3.05) is 13.1 Å². The Morgan fingerprint density at radius 1 is 1.03 bits per heavy atom. The van der Waals surface area contributed by atoms with Gasteiger partial charge >= 0.3 is 0 Å². The molecule has 152 valence electrons. The van der Waals surface area contributed by atoms with Crippen LogP contribution in [-0.2, 0) is 16.6 Å². The molecule has 1 amide bonds. The molecule has 0 atom stereocenters. The monoisotopic (exact) mass is 412 g/mol. The van der Waals surface area contributed by atoms with Gasteiger partial charge in [0.1, 0.15) is 0 Å². The van der Waals surface area contributed by atoms with Crippen LogP contribution in [0, 0.1) is 0 Å². The fraction of sp³-hybridized carbons (Fsp3) is 0.238. The molecule has 0 aliphatic carbocycles. The van der Waals surface area contributed by atoms with Gasteiger partial charge in [-0.1, -0.05) is 26.0 Å². The van der Waals surface area contributed by atoms with Gasteiger partial charge in [-0.25, -0.2) is 13.1 Å². The molecule has 29 heavy (non-hydrogen) atoms. The summed E-state index contributed by atoms with van der Waals surface area (Å²) in [5, 5.41) is 7.00. The van der Waals surface area contributed by atoms with Crippen LogP contribution in [0.15, 0.2) is 71.9 Å². The number of carbonyl (C=O) groups excluding carboxylic acids is 1. The van der Waals surface area contributed by atoms with Crippen molar-refractivity contribution < 1.29 is 13.2 Å². The predicted octanol–water partition coefficient (Wildman–Crippen LogP) is 2.83.